The average Bonchev–Trinajstić information content (AvgIpc) is 2.59. The second kappa shape index (κ2) is 7.42. The summed E-state index contributed by atoms with van der Waals surface area (Å²) in [6.45, 7) is 2.16. The fourth-order valence-electron chi connectivity index (χ4n) is 2.72. The number of hydrogen-bond acceptors (Lipinski definition) is 3. The van der Waals surface area contributed by atoms with Gasteiger partial charge in [-0.05, 0) is 29.9 Å². The normalized spacial score (nSPS) is 10.7. The minimum Gasteiger partial charge on any atom is -0.155 e. The highest BCUT2D eigenvalue weighted by atomic mass is 32.2. The average molecular weight is 320 g/mol. The van der Waals surface area contributed by atoms with Gasteiger partial charge in [0.25, 0.3) is 0 Å². The van der Waals surface area contributed by atoms with Crippen LogP contribution in [0.15, 0.2) is 65.6 Å². The van der Waals surface area contributed by atoms with Gasteiger partial charge in [-0.15, -0.1) is 11.8 Å². The summed E-state index contributed by atoms with van der Waals surface area (Å²) in [4.78, 5) is 1.26. The summed E-state index contributed by atoms with van der Waals surface area (Å²) in [6, 6.07) is 20.9. The number of thioether (sulfide) groups is 1. The van der Waals surface area contributed by atoms with Crippen molar-refractivity contribution in [1.82, 2.24) is 10.2 Å². The Labute approximate surface area is 142 Å². The maximum absolute atomic E-state index is 4.53. The van der Waals surface area contributed by atoms with Crippen LogP contribution in [0.2, 0.25) is 0 Å². The quantitative estimate of drug-likeness (QED) is 0.638. The third kappa shape index (κ3) is 3.80. The van der Waals surface area contributed by atoms with Crippen LogP contribution in [0.25, 0.3) is 0 Å². The van der Waals surface area contributed by atoms with Gasteiger partial charge < -0.3 is 0 Å². The first-order chi connectivity index (χ1) is 11.3. The van der Waals surface area contributed by atoms with Gasteiger partial charge in [-0.1, -0.05) is 60.7 Å². The molecule has 3 heteroatoms. The summed E-state index contributed by atoms with van der Waals surface area (Å²) in [5.41, 5.74) is 5.93. The first-order valence-corrected chi connectivity index (χ1v) is 8.97. The predicted molar refractivity (Wildman–Crippen MR) is 97.0 cm³/mol. The molecule has 3 aromatic rings. The molecule has 0 N–H and O–H groups in total. The van der Waals surface area contributed by atoms with Crippen molar-refractivity contribution >= 4 is 11.8 Å². The molecule has 23 heavy (non-hydrogen) atoms. The van der Waals surface area contributed by atoms with Gasteiger partial charge in [0.15, 0.2) is 0 Å². The minimum absolute atomic E-state index is 0.830. The van der Waals surface area contributed by atoms with Crippen LogP contribution in [0.1, 0.15) is 28.1 Å². The molecule has 0 bridgehead atoms. The van der Waals surface area contributed by atoms with E-state index in [0.717, 1.165) is 24.2 Å². The van der Waals surface area contributed by atoms with Crippen molar-refractivity contribution < 1.29 is 0 Å². The maximum atomic E-state index is 4.53. The first-order valence-electron chi connectivity index (χ1n) is 7.75. The predicted octanol–water partition coefficient (Wildman–Crippen LogP) is 4.69. The molecule has 2 aromatic carbocycles. The third-order valence-electron chi connectivity index (χ3n) is 3.96. The molecule has 0 aliphatic carbocycles. The van der Waals surface area contributed by atoms with Crippen LogP contribution in [0, 0.1) is 6.92 Å². The van der Waals surface area contributed by atoms with Crippen molar-refractivity contribution in [2.45, 2.75) is 24.7 Å². The Morgan fingerprint density at radius 3 is 1.74 bits per heavy atom. The van der Waals surface area contributed by atoms with Crippen LogP contribution < -0.4 is 0 Å². The first kappa shape index (κ1) is 15.8. The smallest absolute Gasteiger partial charge is 0.0813 e. The van der Waals surface area contributed by atoms with Gasteiger partial charge in [0.2, 0.25) is 0 Å². The fraction of sp³-hybridized carbons (Fsp3) is 0.200. The highest BCUT2D eigenvalue weighted by Gasteiger charge is 2.13. The lowest BCUT2D eigenvalue weighted by Crippen LogP contribution is -2.06. The van der Waals surface area contributed by atoms with Gasteiger partial charge in [-0.2, -0.15) is 10.2 Å². The Balaban J connectivity index is 1.90. The van der Waals surface area contributed by atoms with Crippen LogP contribution in [-0.2, 0) is 12.8 Å². The molecular formula is C20H20N2S. The van der Waals surface area contributed by atoms with Gasteiger partial charge >= 0.3 is 0 Å². The van der Waals surface area contributed by atoms with Crippen molar-refractivity contribution in [1.29, 1.82) is 0 Å². The largest absolute Gasteiger partial charge is 0.155 e. The molecular weight excluding hydrogens is 300 g/mol. The van der Waals surface area contributed by atoms with Crippen molar-refractivity contribution in [3.63, 3.8) is 0 Å². The van der Waals surface area contributed by atoms with Gasteiger partial charge in [0.1, 0.15) is 0 Å². The summed E-state index contributed by atoms with van der Waals surface area (Å²) in [5, 5.41) is 9.05. The zero-order valence-electron chi connectivity index (χ0n) is 13.5. The molecule has 0 radical (unpaired) electrons. The highest BCUT2D eigenvalue weighted by molar-refractivity contribution is 7.98. The molecule has 116 valence electrons. The van der Waals surface area contributed by atoms with E-state index in [2.05, 4.69) is 71.9 Å². The number of aromatic nitrogens is 2. The van der Waals surface area contributed by atoms with E-state index < -0.39 is 0 Å². The van der Waals surface area contributed by atoms with Crippen molar-refractivity contribution in [2.24, 2.45) is 0 Å². The van der Waals surface area contributed by atoms with Gasteiger partial charge in [0, 0.05) is 17.7 Å². The molecule has 0 spiro atoms. The highest BCUT2D eigenvalue weighted by Crippen LogP contribution is 2.27. The molecule has 0 atom stereocenters. The standard InChI is InChI=1S/C20H20N2S/c1-15-18(13-16-9-5-3-6-10-16)21-22-19(20(15)23-2)14-17-11-7-4-8-12-17/h3-12H,13-14H2,1-2H3. The molecule has 2 nitrogen and oxygen atoms in total. The Morgan fingerprint density at radius 1 is 0.739 bits per heavy atom. The summed E-state index contributed by atoms with van der Waals surface area (Å²) < 4.78 is 0. The molecule has 1 aromatic heterocycles. The van der Waals surface area contributed by atoms with Crippen LogP contribution in [0.5, 0.6) is 0 Å². The zero-order chi connectivity index (χ0) is 16.1. The lowest BCUT2D eigenvalue weighted by atomic mass is 10.0. The van der Waals surface area contributed by atoms with Crippen molar-refractivity contribution in [3.05, 3.63) is 88.7 Å². The number of rotatable bonds is 5. The topological polar surface area (TPSA) is 25.8 Å². The van der Waals surface area contributed by atoms with Crippen LogP contribution in [-0.4, -0.2) is 16.5 Å². The molecule has 0 unspecified atom stereocenters. The van der Waals surface area contributed by atoms with E-state index in [0.29, 0.717) is 0 Å². The lowest BCUT2D eigenvalue weighted by molar-refractivity contribution is 0.829. The van der Waals surface area contributed by atoms with Gasteiger partial charge in [-0.25, -0.2) is 0 Å². The molecule has 3 rings (SSSR count). The van der Waals surface area contributed by atoms with E-state index in [4.69, 9.17) is 0 Å². The van der Waals surface area contributed by atoms with Gasteiger partial charge in [0.05, 0.1) is 11.4 Å². The zero-order valence-corrected chi connectivity index (χ0v) is 14.3. The van der Waals surface area contributed by atoms with E-state index in [1.165, 1.54) is 21.6 Å². The van der Waals surface area contributed by atoms with Crippen molar-refractivity contribution in [3.8, 4) is 0 Å². The molecule has 0 aliphatic rings. The van der Waals surface area contributed by atoms with Crippen LogP contribution >= 0.6 is 11.8 Å². The Bertz CT molecular complexity index is 770. The molecule has 0 amide bonds. The summed E-state index contributed by atoms with van der Waals surface area (Å²) >= 11 is 1.76. The van der Waals surface area contributed by atoms with E-state index in [9.17, 15) is 0 Å². The second-order valence-corrected chi connectivity index (χ2v) is 6.39. The van der Waals surface area contributed by atoms with E-state index in [-0.39, 0.29) is 0 Å². The maximum Gasteiger partial charge on any atom is 0.0813 e. The lowest BCUT2D eigenvalue weighted by Gasteiger charge is -2.13. The molecule has 1 heterocycles. The third-order valence-corrected chi connectivity index (χ3v) is 4.91. The Hall–Kier alpha value is -2.13. The summed E-state index contributed by atoms with van der Waals surface area (Å²) in [7, 11) is 0. The number of hydrogen-bond donors (Lipinski definition) is 0. The molecule has 0 saturated heterocycles. The van der Waals surface area contributed by atoms with Crippen LogP contribution in [0.4, 0.5) is 0 Å². The summed E-state index contributed by atoms with van der Waals surface area (Å²) in [5.74, 6) is 0. The van der Waals surface area contributed by atoms with Crippen LogP contribution in [0.3, 0.4) is 0 Å². The fourth-order valence-corrected chi connectivity index (χ4v) is 3.49. The van der Waals surface area contributed by atoms with E-state index in [1.54, 1.807) is 11.8 Å². The molecule has 0 saturated carbocycles. The molecule has 0 aliphatic heterocycles. The SMILES string of the molecule is CSc1c(Cc2ccccc2)nnc(Cc2ccccc2)c1C. The monoisotopic (exact) mass is 320 g/mol. The second-order valence-electron chi connectivity index (χ2n) is 5.58. The molecule has 0 fully saturated rings. The van der Waals surface area contributed by atoms with E-state index in [1.807, 2.05) is 12.1 Å². The Kier molecular flexibility index (Phi) is 5.09. The van der Waals surface area contributed by atoms with Gasteiger partial charge in [-0.3, -0.25) is 0 Å². The Morgan fingerprint density at radius 2 is 1.22 bits per heavy atom. The number of nitrogens with zero attached hydrogens (tertiary/aromatic N) is 2. The van der Waals surface area contributed by atoms with E-state index >= 15 is 0 Å². The number of benzene rings is 2. The minimum atomic E-state index is 0.830. The summed E-state index contributed by atoms with van der Waals surface area (Å²) in [6.07, 6.45) is 3.78. The van der Waals surface area contributed by atoms with Crippen molar-refractivity contribution in [2.75, 3.05) is 6.26 Å².